The number of methoxy groups -OCH3 is 1. The number of nitrogens with zero attached hydrogens (tertiary/aromatic N) is 1. The fourth-order valence-corrected chi connectivity index (χ4v) is 5.06. The lowest BCUT2D eigenvalue weighted by atomic mass is 10.4. The van der Waals surface area contributed by atoms with Crippen molar-refractivity contribution in [3.05, 3.63) is 33.1 Å². The zero-order chi connectivity index (χ0) is 14.8. The fourth-order valence-electron chi connectivity index (χ4n) is 1.45. The summed E-state index contributed by atoms with van der Waals surface area (Å²) >= 11 is 4.53. The molecule has 0 amide bonds. The van der Waals surface area contributed by atoms with Crippen LogP contribution < -0.4 is 15.2 Å². The lowest BCUT2D eigenvalue weighted by molar-refractivity contribution is 0.398. The highest BCUT2D eigenvalue weighted by atomic mass is 79.9. The van der Waals surface area contributed by atoms with Crippen molar-refractivity contribution in [3.8, 4) is 5.88 Å². The van der Waals surface area contributed by atoms with Crippen molar-refractivity contribution in [2.45, 2.75) is 11.4 Å². The minimum Gasteiger partial charge on any atom is -0.481 e. The summed E-state index contributed by atoms with van der Waals surface area (Å²) < 4.78 is 32.4. The van der Waals surface area contributed by atoms with Gasteiger partial charge < -0.3 is 10.5 Å². The Labute approximate surface area is 129 Å². The first kappa shape index (κ1) is 15.2. The fraction of sp³-hybridized carbons (Fsp3) is 0.182. The zero-order valence-electron chi connectivity index (χ0n) is 10.5. The monoisotopic (exact) mass is 377 g/mol. The van der Waals surface area contributed by atoms with E-state index in [1.165, 1.54) is 24.6 Å². The van der Waals surface area contributed by atoms with Crippen molar-refractivity contribution < 1.29 is 13.2 Å². The van der Waals surface area contributed by atoms with E-state index in [0.29, 0.717) is 21.9 Å². The number of anilines is 1. The molecule has 0 atom stereocenters. The van der Waals surface area contributed by atoms with E-state index in [1.54, 1.807) is 18.2 Å². The van der Waals surface area contributed by atoms with Gasteiger partial charge in [-0.15, -0.1) is 11.3 Å². The van der Waals surface area contributed by atoms with Crippen LogP contribution in [0.25, 0.3) is 0 Å². The molecule has 108 valence electrons. The number of aromatic nitrogens is 1. The third-order valence-corrected chi connectivity index (χ3v) is 6.05. The zero-order valence-corrected chi connectivity index (χ0v) is 13.7. The summed E-state index contributed by atoms with van der Waals surface area (Å²) in [6.45, 7) is 0.295. The van der Waals surface area contributed by atoms with Gasteiger partial charge in [-0.3, -0.25) is 4.72 Å². The van der Waals surface area contributed by atoms with Gasteiger partial charge in [0.15, 0.2) is 0 Å². The van der Waals surface area contributed by atoms with Crippen molar-refractivity contribution >= 4 is 43.0 Å². The average molecular weight is 378 g/mol. The summed E-state index contributed by atoms with van der Waals surface area (Å²) in [5, 5.41) is 0. The minimum absolute atomic E-state index is 0.166. The Hall–Kier alpha value is -1.16. The average Bonchev–Trinajstić information content (AvgIpc) is 2.81. The molecular formula is C11H12BrN3O3S2. The highest BCUT2D eigenvalue weighted by Crippen LogP contribution is 2.32. The van der Waals surface area contributed by atoms with Gasteiger partial charge in [-0.1, -0.05) is 0 Å². The van der Waals surface area contributed by atoms with Gasteiger partial charge in [-0.2, -0.15) is 0 Å². The molecule has 20 heavy (non-hydrogen) atoms. The highest BCUT2D eigenvalue weighted by Gasteiger charge is 2.21. The maximum atomic E-state index is 12.3. The first-order valence-electron chi connectivity index (χ1n) is 5.47. The van der Waals surface area contributed by atoms with Crippen molar-refractivity contribution in [2.75, 3.05) is 11.8 Å². The summed E-state index contributed by atoms with van der Waals surface area (Å²) in [5.74, 6) is 0.412. The number of rotatable bonds is 5. The Kier molecular flexibility index (Phi) is 4.63. The van der Waals surface area contributed by atoms with Crippen molar-refractivity contribution in [1.82, 2.24) is 4.98 Å². The molecule has 0 radical (unpaired) electrons. The normalized spacial score (nSPS) is 11.3. The third-order valence-electron chi connectivity index (χ3n) is 2.39. The van der Waals surface area contributed by atoms with E-state index in [1.807, 2.05) is 0 Å². The molecule has 0 saturated carbocycles. The molecule has 0 aliphatic rings. The number of nitrogens with two attached hydrogens (primary N) is 1. The third kappa shape index (κ3) is 3.29. The number of pyridine rings is 1. The highest BCUT2D eigenvalue weighted by molar-refractivity contribution is 9.11. The van der Waals surface area contributed by atoms with Crippen LogP contribution in [-0.4, -0.2) is 20.5 Å². The number of hydrogen-bond donors (Lipinski definition) is 2. The maximum absolute atomic E-state index is 12.3. The summed E-state index contributed by atoms with van der Waals surface area (Å²) in [6.07, 6.45) is 1.39. The van der Waals surface area contributed by atoms with Crippen LogP contribution in [0.1, 0.15) is 4.88 Å². The lowest BCUT2D eigenvalue weighted by Gasteiger charge is -2.07. The Bertz CT molecular complexity index is 698. The molecular weight excluding hydrogens is 366 g/mol. The molecule has 0 bridgehead atoms. The molecule has 2 rings (SSSR count). The quantitative estimate of drug-likeness (QED) is 0.832. The molecule has 0 aromatic carbocycles. The number of nitrogens with one attached hydrogen (secondary N) is 1. The number of thiophene rings is 1. The van der Waals surface area contributed by atoms with Crippen molar-refractivity contribution in [2.24, 2.45) is 5.73 Å². The second-order valence-electron chi connectivity index (χ2n) is 3.75. The Balaban J connectivity index is 2.27. The van der Waals surface area contributed by atoms with Gasteiger partial charge in [0, 0.05) is 17.5 Å². The lowest BCUT2D eigenvalue weighted by Crippen LogP contribution is -2.12. The van der Waals surface area contributed by atoms with Crippen LogP contribution in [0.4, 0.5) is 5.69 Å². The summed E-state index contributed by atoms with van der Waals surface area (Å²) in [4.78, 5) is 4.89. The molecule has 2 aromatic heterocycles. The van der Waals surface area contributed by atoms with Crippen molar-refractivity contribution in [1.29, 1.82) is 0 Å². The number of hydrogen-bond acceptors (Lipinski definition) is 6. The smallest absolute Gasteiger partial charge is 0.263 e. The van der Waals surface area contributed by atoms with Gasteiger partial charge in [0.2, 0.25) is 5.88 Å². The summed E-state index contributed by atoms with van der Waals surface area (Å²) in [7, 11) is -2.19. The largest absolute Gasteiger partial charge is 0.481 e. The second kappa shape index (κ2) is 6.08. The van der Waals surface area contributed by atoms with Crippen LogP contribution in [0.5, 0.6) is 5.88 Å². The Morgan fingerprint density at radius 1 is 1.50 bits per heavy atom. The van der Waals surface area contributed by atoms with Gasteiger partial charge in [0.05, 0.1) is 22.8 Å². The van der Waals surface area contributed by atoms with E-state index in [0.717, 1.165) is 4.88 Å². The van der Waals surface area contributed by atoms with Crippen LogP contribution in [0.15, 0.2) is 33.1 Å². The first-order valence-corrected chi connectivity index (χ1v) is 8.56. The first-order chi connectivity index (χ1) is 9.46. The van der Waals surface area contributed by atoms with Crippen LogP contribution in [-0.2, 0) is 16.6 Å². The molecule has 0 spiro atoms. The topological polar surface area (TPSA) is 94.3 Å². The van der Waals surface area contributed by atoms with Gasteiger partial charge in [0.25, 0.3) is 10.0 Å². The molecule has 6 nitrogen and oxygen atoms in total. The number of halogens is 1. The molecule has 0 unspecified atom stereocenters. The molecule has 0 aliphatic heterocycles. The Morgan fingerprint density at radius 2 is 2.25 bits per heavy atom. The maximum Gasteiger partial charge on any atom is 0.263 e. The van der Waals surface area contributed by atoms with E-state index in [2.05, 4.69) is 25.6 Å². The summed E-state index contributed by atoms with van der Waals surface area (Å²) in [6, 6.07) is 4.70. The van der Waals surface area contributed by atoms with E-state index >= 15 is 0 Å². The van der Waals surface area contributed by atoms with E-state index in [9.17, 15) is 8.42 Å². The SMILES string of the molecule is COc1ccc(NS(=O)(=O)c2cc(CN)sc2Br)cn1. The van der Waals surface area contributed by atoms with Gasteiger partial charge >= 0.3 is 0 Å². The van der Waals surface area contributed by atoms with Gasteiger partial charge in [-0.25, -0.2) is 13.4 Å². The molecule has 0 fully saturated rings. The predicted molar refractivity (Wildman–Crippen MR) is 81.5 cm³/mol. The van der Waals surface area contributed by atoms with Crippen LogP contribution >= 0.6 is 27.3 Å². The molecule has 2 aromatic rings. The van der Waals surface area contributed by atoms with Gasteiger partial charge in [-0.05, 0) is 28.1 Å². The second-order valence-corrected chi connectivity index (χ2v) is 7.85. The van der Waals surface area contributed by atoms with Crippen molar-refractivity contribution in [3.63, 3.8) is 0 Å². The molecule has 9 heteroatoms. The molecule has 0 aliphatic carbocycles. The van der Waals surface area contributed by atoms with Crippen LogP contribution in [0, 0.1) is 0 Å². The van der Waals surface area contributed by atoms with Crippen LogP contribution in [0.2, 0.25) is 0 Å². The van der Waals surface area contributed by atoms with Gasteiger partial charge in [0.1, 0.15) is 4.90 Å². The predicted octanol–water partition coefficient (Wildman–Crippen LogP) is 2.17. The van der Waals surface area contributed by atoms with Crippen LogP contribution in [0.3, 0.4) is 0 Å². The summed E-state index contributed by atoms with van der Waals surface area (Å²) in [5.41, 5.74) is 5.87. The molecule has 0 saturated heterocycles. The number of sulfonamides is 1. The van der Waals surface area contributed by atoms with E-state index in [-0.39, 0.29) is 4.90 Å². The number of ether oxygens (including phenoxy) is 1. The molecule has 2 heterocycles. The standard InChI is InChI=1S/C11H12BrN3O3S2/c1-18-10-3-2-7(6-14-10)15-20(16,17)9-4-8(5-13)19-11(9)12/h2-4,6,15H,5,13H2,1H3. The van der Waals surface area contributed by atoms with E-state index in [4.69, 9.17) is 10.5 Å². The minimum atomic E-state index is -3.68. The molecule has 3 N–H and O–H groups in total. The Morgan fingerprint density at radius 3 is 2.75 bits per heavy atom. The van der Waals surface area contributed by atoms with E-state index < -0.39 is 10.0 Å².